The molecule has 2 saturated heterocycles. The molecular weight excluding hydrogens is 470 g/mol. The summed E-state index contributed by atoms with van der Waals surface area (Å²) >= 11 is 6.28. The molecule has 2 aromatic carbocycles. The third-order valence-electron chi connectivity index (χ3n) is 7.49. The van der Waals surface area contributed by atoms with Gasteiger partial charge in [-0.05, 0) is 48.2 Å². The Kier molecular flexibility index (Phi) is 5.76. The molecule has 3 amide bonds. The van der Waals surface area contributed by atoms with E-state index in [1.54, 1.807) is 38.5 Å². The van der Waals surface area contributed by atoms with Crippen LogP contribution in [-0.2, 0) is 26.3 Å². The van der Waals surface area contributed by atoms with Crippen molar-refractivity contribution in [3.8, 4) is 11.5 Å². The summed E-state index contributed by atoms with van der Waals surface area (Å²) in [4.78, 5) is 42.2. The fraction of sp³-hybridized carbons (Fsp3) is 0.423. The van der Waals surface area contributed by atoms with Gasteiger partial charge in [0.2, 0.25) is 17.7 Å². The van der Waals surface area contributed by atoms with Gasteiger partial charge >= 0.3 is 0 Å². The van der Waals surface area contributed by atoms with Crippen molar-refractivity contribution >= 4 is 35.0 Å². The Bertz CT molecular complexity index is 1230. The van der Waals surface area contributed by atoms with Crippen molar-refractivity contribution in [2.75, 3.05) is 26.1 Å². The maximum Gasteiger partial charge on any atom is 0.250 e. The van der Waals surface area contributed by atoms with Crippen molar-refractivity contribution in [3.05, 3.63) is 52.5 Å². The number of methoxy groups -OCH3 is 2. The number of amides is 3. The fourth-order valence-corrected chi connectivity index (χ4v) is 6.01. The lowest BCUT2D eigenvalue weighted by Crippen LogP contribution is -2.54. The Balaban J connectivity index is 1.49. The van der Waals surface area contributed by atoms with Crippen LogP contribution in [0.15, 0.2) is 36.4 Å². The zero-order valence-corrected chi connectivity index (χ0v) is 20.8. The summed E-state index contributed by atoms with van der Waals surface area (Å²) in [6.45, 7) is 4.19. The zero-order valence-electron chi connectivity index (χ0n) is 20.1. The van der Waals surface area contributed by atoms with Crippen LogP contribution in [-0.4, -0.2) is 49.4 Å². The van der Waals surface area contributed by atoms with Crippen LogP contribution in [0.25, 0.3) is 0 Å². The second-order valence-corrected chi connectivity index (χ2v) is 10.1. The molecule has 0 bridgehead atoms. The van der Waals surface area contributed by atoms with Gasteiger partial charge in [0.05, 0.1) is 26.1 Å². The average Bonchev–Trinajstić information content (AvgIpc) is 3.43. The molecule has 0 aliphatic carbocycles. The summed E-state index contributed by atoms with van der Waals surface area (Å²) in [5.74, 6) is -1.16. The number of fused-ring (bicyclic) bond motifs is 4. The first-order chi connectivity index (χ1) is 16.7. The molecule has 2 unspecified atom stereocenters. The molecule has 8 nitrogen and oxygen atoms in total. The highest BCUT2D eigenvalue weighted by molar-refractivity contribution is 6.31. The summed E-state index contributed by atoms with van der Waals surface area (Å²) in [5.41, 5.74) is 0.810. The Morgan fingerprint density at radius 3 is 2.46 bits per heavy atom. The minimum atomic E-state index is -1.33. The van der Waals surface area contributed by atoms with E-state index >= 15 is 0 Å². The smallest absolute Gasteiger partial charge is 0.250 e. The zero-order chi connectivity index (χ0) is 25.1. The molecule has 2 aromatic rings. The van der Waals surface area contributed by atoms with Crippen LogP contribution >= 0.6 is 11.6 Å². The van der Waals surface area contributed by atoms with Crippen LogP contribution in [0.1, 0.15) is 25.0 Å². The van der Waals surface area contributed by atoms with E-state index in [4.69, 9.17) is 21.1 Å². The van der Waals surface area contributed by atoms with Crippen molar-refractivity contribution in [2.24, 2.45) is 17.8 Å². The Morgan fingerprint density at radius 2 is 1.77 bits per heavy atom. The molecule has 0 saturated carbocycles. The highest BCUT2D eigenvalue weighted by Crippen LogP contribution is 2.54. The maximum atomic E-state index is 13.8. The SMILES string of the molecule is COc1ccc(CCN2C(=O)[C@@H]3C(C(C)C)NC4(C(=O)Nc5ccc(Cl)cc54)[C@@H]3C2=O)cc1OC. The third-order valence-corrected chi connectivity index (χ3v) is 7.73. The number of nitrogens with zero attached hydrogens (tertiary/aromatic N) is 1. The highest BCUT2D eigenvalue weighted by Gasteiger charge is 2.70. The maximum absolute atomic E-state index is 13.8. The van der Waals surface area contributed by atoms with Gasteiger partial charge in [-0.2, -0.15) is 0 Å². The summed E-state index contributed by atoms with van der Waals surface area (Å²) < 4.78 is 10.7. The molecule has 3 aliphatic heterocycles. The molecule has 5 rings (SSSR count). The fourth-order valence-electron chi connectivity index (χ4n) is 5.84. The van der Waals surface area contributed by atoms with E-state index in [2.05, 4.69) is 10.6 Å². The number of hydrogen-bond acceptors (Lipinski definition) is 6. The average molecular weight is 498 g/mol. The number of benzene rings is 2. The molecule has 0 aromatic heterocycles. The number of rotatable bonds is 6. The van der Waals surface area contributed by atoms with Gasteiger partial charge in [-0.3, -0.25) is 24.6 Å². The molecule has 35 heavy (non-hydrogen) atoms. The van der Waals surface area contributed by atoms with Gasteiger partial charge in [0, 0.05) is 28.9 Å². The molecular formula is C26H28ClN3O5. The molecule has 2 fully saturated rings. The van der Waals surface area contributed by atoms with Gasteiger partial charge in [-0.15, -0.1) is 0 Å². The van der Waals surface area contributed by atoms with Crippen LogP contribution in [0.4, 0.5) is 5.69 Å². The van der Waals surface area contributed by atoms with E-state index in [-0.39, 0.29) is 36.2 Å². The van der Waals surface area contributed by atoms with E-state index in [9.17, 15) is 14.4 Å². The first-order valence-electron chi connectivity index (χ1n) is 11.7. The first-order valence-corrected chi connectivity index (χ1v) is 12.1. The topological polar surface area (TPSA) is 97.0 Å². The molecule has 184 valence electrons. The minimum Gasteiger partial charge on any atom is -0.493 e. The second-order valence-electron chi connectivity index (χ2n) is 9.64. The van der Waals surface area contributed by atoms with Crippen LogP contribution < -0.4 is 20.1 Å². The van der Waals surface area contributed by atoms with Crippen LogP contribution in [0.2, 0.25) is 5.02 Å². The van der Waals surface area contributed by atoms with Crippen LogP contribution in [0, 0.1) is 17.8 Å². The lowest BCUT2D eigenvalue weighted by atomic mass is 9.76. The minimum absolute atomic E-state index is 0.0282. The summed E-state index contributed by atoms with van der Waals surface area (Å²) in [7, 11) is 3.13. The molecule has 2 N–H and O–H groups in total. The Labute approximate surface area is 208 Å². The van der Waals surface area contributed by atoms with Crippen molar-refractivity contribution in [3.63, 3.8) is 0 Å². The van der Waals surface area contributed by atoms with E-state index < -0.39 is 17.4 Å². The molecule has 0 radical (unpaired) electrons. The van der Waals surface area contributed by atoms with Gasteiger partial charge in [-0.25, -0.2) is 0 Å². The first kappa shape index (κ1) is 23.6. The van der Waals surface area contributed by atoms with Gasteiger partial charge in [0.15, 0.2) is 11.5 Å². The van der Waals surface area contributed by atoms with E-state index in [1.807, 2.05) is 26.0 Å². The highest BCUT2D eigenvalue weighted by atomic mass is 35.5. The van der Waals surface area contributed by atoms with Crippen molar-refractivity contribution in [1.82, 2.24) is 10.2 Å². The van der Waals surface area contributed by atoms with Crippen molar-refractivity contribution in [2.45, 2.75) is 31.8 Å². The number of ether oxygens (including phenoxy) is 2. The van der Waals surface area contributed by atoms with Gasteiger partial charge < -0.3 is 14.8 Å². The number of imide groups is 1. The number of carbonyl (C=O) groups is 3. The number of anilines is 1. The summed E-state index contributed by atoms with van der Waals surface area (Å²) in [6, 6.07) is 10.3. The molecule has 9 heteroatoms. The monoisotopic (exact) mass is 497 g/mol. The quantitative estimate of drug-likeness (QED) is 0.596. The van der Waals surface area contributed by atoms with Crippen molar-refractivity contribution < 1.29 is 23.9 Å². The van der Waals surface area contributed by atoms with Gasteiger partial charge in [0.1, 0.15) is 5.54 Å². The lowest BCUT2D eigenvalue weighted by Gasteiger charge is -2.30. The molecule has 1 spiro atoms. The van der Waals surface area contributed by atoms with E-state index in [1.165, 1.54) is 4.90 Å². The molecule has 3 heterocycles. The van der Waals surface area contributed by atoms with Gasteiger partial charge in [-0.1, -0.05) is 31.5 Å². The number of hydrogen-bond donors (Lipinski definition) is 2. The third kappa shape index (κ3) is 3.42. The number of carbonyl (C=O) groups excluding carboxylic acids is 3. The predicted molar refractivity (Wildman–Crippen MR) is 130 cm³/mol. The Hall–Kier alpha value is -3.10. The normalized spacial score (nSPS) is 27.0. The van der Waals surface area contributed by atoms with Crippen molar-refractivity contribution in [1.29, 1.82) is 0 Å². The standard InChI is InChI=1S/C26H28ClN3O5/c1-13(2)22-20-21(26(29-22)16-12-15(27)6-7-17(16)28-25(26)33)24(32)30(23(20)31)10-9-14-5-8-18(34-3)19(11-14)35-4/h5-8,11-13,20-22,29H,9-10H2,1-4H3,(H,28,33)/t20-,21-,22?,26?/m0/s1. The van der Waals surface area contributed by atoms with Gasteiger partial charge in [0.25, 0.3) is 0 Å². The lowest BCUT2D eigenvalue weighted by molar-refractivity contribution is -0.142. The van der Waals surface area contributed by atoms with Crippen LogP contribution in [0.5, 0.6) is 11.5 Å². The number of likely N-dealkylation sites (tertiary alicyclic amines) is 1. The van der Waals surface area contributed by atoms with E-state index in [0.29, 0.717) is 34.2 Å². The molecule has 4 atom stereocenters. The second kappa shape index (κ2) is 8.53. The largest absolute Gasteiger partial charge is 0.493 e. The van der Waals surface area contributed by atoms with Crippen LogP contribution in [0.3, 0.4) is 0 Å². The molecule has 3 aliphatic rings. The summed E-state index contributed by atoms with van der Waals surface area (Å²) in [6.07, 6.45) is 0.457. The number of nitrogens with one attached hydrogen (secondary N) is 2. The van der Waals surface area contributed by atoms with E-state index in [0.717, 1.165) is 5.56 Å². The summed E-state index contributed by atoms with van der Waals surface area (Å²) in [5, 5.41) is 6.77. The predicted octanol–water partition coefficient (Wildman–Crippen LogP) is 2.98. The number of halogens is 1. The Morgan fingerprint density at radius 1 is 1.03 bits per heavy atom.